The highest BCUT2D eigenvalue weighted by Gasteiger charge is 2.19. The second-order valence-corrected chi connectivity index (χ2v) is 4.70. The lowest BCUT2D eigenvalue weighted by molar-refractivity contribution is 0.136. The van der Waals surface area contributed by atoms with E-state index >= 15 is 0 Å². The fraction of sp³-hybridized carbons (Fsp3) is 0.538. The molecule has 3 N–H and O–H groups in total. The summed E-state index contributed by atoms with van der Waals surface area (Å²) in [4.78, 5) is 0. The van der Waals surface area contributed by atoms with Gasteiger partial charge in [0.2, 0.25) is 0 Å². The van der Waals surface area contributed by atoms with Crippen LogP contribution < -0.4 is 20.7 Å². The minimum atomic E-state index is -0.0382. The smallest absolute Gasteiger partial charge is 0.141 e. The first-order valence-corrected chi connectivity index (χ1v) is 6.93. The van der Waals surface area contributed by atoms with Crippen LogP contribution in [0.3, 0.4) is 0 Å². The summed E-state index contributed by atoms with van der Waals surface area (Å²) < 4.78 is 16.8. The summed E-state index contributed by atoms with van der Waals surface area (Å²) in [6.45, 7) is 3.30. The first-order chi connectivity index (χ1) is 9.19. The number of hydrogen-bond donors (Lipinski definition) is 2. The molecule has 1 unspecified atom stereocenters. The van der Waals surface area contributed by atoms with Crippen molar-refractivity contribution in [3.05, 3.63) is 22.2 Å². The van der Waals surface area contributed by atoms with E-state index in [4.69, 9.17) is 20.1 Å². The van der Waals surface area contributed by atoms with E-state index in [0.717, 1.165) is 28.0 Å². The number of halogens is 1. The lowest BCUT2D eigenvalue weighted by atomic mass is 10.0. The van der Waals surface area contributed by atoms with Crippen molar-refractivity contribution in [1.29, 1.82) is 0 Å². The van der Waals surface area contributed by atoms with Gasteiger partial charge >= 0.3 is 0 Å². The van der Waals surface area contributed by atoms with Crippen LogP contribution in [0.5, 0.6) is 11.5 Å². The monoisotopic (exact) mass is 332 g/mol. The second-order valence-electron chi connectivity index (χ2n) is 3.91. The molecular formula is C13H21BrN2O3. The molecule has 0 saturated heterocycles. The van der Waals surface area contributed by atoms with Crippen LogP contribution in [-0.2, 0) is 4.74 Å². The van der Waals surface area contributed by atoms with Crippen LogP contribution in [0.15, 0.2) is 16.6 Å². The molecule has 1 atom stereocenters. The molecule has 1 aromatic rings. The molecule has 0 radical (unpaired) electrons. The van der Waals surface area contributed by atoms with Crippen molar-refractivity contribution >= 4 is 15.9 Å². The van der Waals surface area contributed by atoms with E-state index in [1.54, 1.807) is 14.2 Å². The van der Waals surface area contributed by atoms with Gasteiger partial charge in [-0.25, -0.2) is 0 Å². The SMILES string of the molecule is CCOCCC(NN)c1ccc(OC)c(Br)c1OC. The Bertz CT molecular complexity index is 402. The molecule has 0 aliphatic heterocycles. The average Bonchev–Trinajstić information content (AvgIpc) is 2.43. The number of benzene rings is 1. The summed E-state index contributed by atoms with van der Waals surface area (Å²) in [6, 6.07) is 3.79. The number of nitrogens with two attached hydrogens (primary N) is 1. The van der Waals surface area contributed by atoms with E-state index < -0.39 is 0 Å². The number of nitrogens with one attached hydrogen (secondary N) is 1. The van der Waals surface area contributed by atoms with Crippen LogP contribution in [-0.4, -0.2) is 27.4 Å². The van der Waals surface area contributed by atoms with Gasteiger partial charge in [-0.3, -0.25) is 11.3 Å². The zero-order chi connectivity index (χ0) is 14.3. The molecule has 0 aliphatic rings. The van der Waals surface area contributed by atoms with Crippen LogP contribution in [0.1, 0.15) is 24.9 Å². The van der Waals surface area contributed by atoms with Gasteiger partial charge in [0, 0.05) is 18.8 Å². The molecule has 19 heavy (non-hydrogen) atoms. The number of rotatable bonds is 8. The molecule has 0 saturated carbocycles. The maximum atomic E-state index is 5.62. The molecule has 0 spiro atoms. The van der Waals surface area contributed by atoms with Gasteiger partial charge in [0.25, 0.3) is 0 Å². The molecule has 0 aromatic heterocycles. The van der Waals surface area contributed by atoms with Crippen molar-refractivity contribution in [1.82, 2.24) is 5.43 Å². The molecule has 1 rings (SSSR count). The highest BCUT2D eigenvalue weighted by atomic mass is 79.9. The van der Waals surface area contributed by atoms with Crippen LogP contribution in [0, 0.1) is 0 Å². The van der Waals surface area contributed by atoms with E-state index in [2.05, 4.69) is 21.4 Å². The average molecular weight is 333 g/mol. The van der Waals surface area contributed by atoms with Crippen LogP contribution >= 0.6 is 15.9 Å². The summed E-state index contributed by atoms with van der Waals surface area (Å²) in [5, 5.41) is 0. The van der Waals surface area contributed by atoms with Crippen LogP contribution in [0.2, 0.25) is 0 Å². The van der Waals surface area contributed by atoms with Gasteiger partial charge in [-0.05, 0) is 41.4 Å². The molecule has 108 valence electrons. The first-order valence-electron chi connectivity index (χ1n) is 6.13. The van der Waals surface area contributed by atoms with E-state index in [0.29, 0.717) is 13.2 Å². The van der Waals surface area contributed by atoms with Crippen molar-refractivity contribution in [2.24, 2.45) is 5.84 Å². The lowest BCUT2D eigenvalue weighted by Gasteiger charge is -2.21. The molecule has 1 aromatic carbocycles. The Morgan fingerprint density at radius 2 is 2.05 bits per heavy atom. The van der Waals surface area contributed by atoms with Gasteiger partial charge in [-0.15, -0.1) is 0 Å². The maximum absolute atomic E-state index is 5.62. The molecule has 0 bridgehead atoms. The van der Waals surface area contributed by atoms with Gasteiger partial charge in [-0.2, -0.15) is 0 Å². The number of ether oxygens (including phenoxy) is 3. The summed E-state index contributed by atoms with van der Waals surface area (Å²) in [5.74, 6) is 7.07. The van der Waals surface area contributed by atoms with E-state index in [-0.39, 0.29) is 6.04 Å². The molecule has 6 heteroatoms. The third-order valence-corrected chi connectivity index (χ3v) is 3.60. The summed E-state index contributed by atoms with van der Waals surface area (Å²) in [7, 11) is 3.24. The number of hydrogen-bond acceptors (Lipinski definition) is 5. The van der Waals surface area contributed by atoms with Gasteiger partial charge < -0.3 is 14.2 Å². The molecule has 0 fully saturated rings. The maximum Gasteiger partial charge on any atom is 0.141 e. The van der Waals surface area contributed by atoms with E-state index in [9.17, 15) is 0 Å². The van der Waals surface area contributed by atoms with Crippen molar-refractivity contribution in [2.45, 2.75) is 19.4 Å². The fourth-order valence-electron chi connectivity index (χ4n) is 1.87. The lowest BCUT2D eigenvalue weighted by Crippen LogP contribution is -2.29. The van der Waals surface area contributed by atoms with Gasteiger partial charge in [0.05, 0.1) is 20.3 Å². The zero-order valence-corrected chi connectivity index (χ0v) is 13.1. The third-order valence-electron chi connectivity index (χ3n) is 2.85. The van der Waals surface area contributed by atoms with E-state index in [1.807, 2.05) is 19.1 Å². The van der Waals surface area contributed by atoms with Crippen LogP contribution in [0.25, 0.3) is 0 Å². The molecule has 0 amide bonds. The summed E-state index contributed by atoms with van der Waals surface area (Å²) in [5.41, 5.74) is 3.76. The largest absolute Gasteiger partial charge is 0.495 e. The van der Waals surface area contributed by atoms with Crippen molar-refractivity contribution in [3.63, 3.8) is 0 Å². The normalized spacial score (nSPS) is 12.3. The Morgan fingerprint density at radius 1 is 1.32 bits per heavy atom. The number of methoxy groups -OCH3 is 2. The standard InChI is InChI=1S/C13H21BrN2O3/c1-4-19-8-7-10(16-15)9-5-6-11(17-2)12(14)13(9)18-3/h5-6,10,16H,4,7-8,15H2,1-3H3. The molecule has 0 heterocycles. The topological polar surface area (TPSA) is 65.7 Å². The highest BCUT2D eigenvalue weighted by Crippen LogP contribution is 2.40. The van der Waals surface area contributed by atoms with E-state index in [1.165, 1.54) is 0 Å². The Morgan fingerprint density at radius 3 is 2.58 bits per heavy atom. The second kappa shape index (κ2) is 8.37. The highest BCUT2D eigenvalue weighted by molar-refractivity contribution is 9.10. The minimum absolute atomic E-state index is 0.0382. The Hall–Kier alpha value is -0.820. The summed E-state index contributed by atoms with van der Waals surface area (Å²) in [6.07, 6.45) is 0.763. The van der Waals surface area contributed by atoms with Crippen molar-refractivity contribution < 1.29 is 14.2 Å². The van der Waals surface area contributed by atoms with Gasteiger partial charge in [0.1, 0.15) is 16.0 Å². The van der Waals surface area contributed by atoms with Crippen LogP contribution in [0.4, 0.5) is 0 Å². The molecule has 0 aliphatic carbocycles. The number of hydrazine groups is 1. The fourth-order valence-corrected chi connectivity index (χ4v) is 2.55. The first kappa shape index (κ1) is 16.2. The zero-order valence-electron chi connectivity index (χ0n) is 11.5. The predicted octanol–water partition coefficient (Wildman–Crippen LogP) is 2.40. The Labute approximate surface area is 122 Å². The third kappa shape index (κ3) is 4.07. The summed E-state index contributed by atoms with van der Waals surface area (Å²) >= 11 is 3.48. The quantitative estimate of drug-likeness (QED) is 0.434. The molecule has 5 nitrogen and oxygen atoms in total. The van der Waals surface area contributed by atoms with Gasteiger partial charge in [-0.1, -0.05) is 0 Å². The van der Waals surface area contributed by atoms with Gasteiger partial charge in [0.15, 0.2) is 0 Å². The Kier molecular flexibility index (Phi) is 7.15. The molecular weight excluding hydrogens is 312 g/mol. The minimum Gasteiger partial charge on any atom is -0.495 e. The Balaban J connectivity index is 2.99. The van der Waals surface area contributed by atoms with Crippen molar-refractivity contribution in [3.8, 4) is 11.5 Å². The predicted molar refractivity (Wildman–Crippen MR) is 78.4 cm³/mol. The van der Waals surface area contributed by atoms with Crippen molar-refractivity contribution in [2.75, 3.05) is 27.4 Å².